The van der Waals surface area contributed by atoms with Gasteiger partial charge in [0.25, 0.3) is 0 Å². The van der Waals surface area contributed by atoms with E-state index in [1.54, 1.807) is 6.07 Å². The van der Waals surface area contributed by atoms with E-state index < -0.39 is 17.8 Å². The minimum absolute atomic E-state index is 0.0574. The van der Waals surface area contributed by atoms with E-state index in [9.17, 15) is 23.1 Å². The number of benzene rings is 1. The van der Waals surface area contributed by atoms with Crippen molar-refractivity contribution >= 4 is 17.3 Å². The number of aliphatic hydroxyl groups is 1. The molecule has 0 saturated carbocycles. The van der Waals surface area contributed by atoms with Crippen molar-refractivity contribution in [1.82, 2.24) is 5.43 Å². The first-order chi connectivity index (χ1) is 10.3. The molecule has 5 nitrogen and oxygen atoms in total. The molecule has 0 unspecified atom stereocenters. The Morgan fingerprint density at radius 2 is 2.00 bits per heavy atom. The van der Waals surface area contributed by atoms with Crippen LogP contribution >= 0.6 is 0 Å². The molecule has 2 aliphatic rings. The third kappa shape index (κ3) is 2.78. The predicted octanol–water partition coefficient (Wildman–Crippen LogP) is 1.50. The van der Waals surface area contributed by atoms with Crippen LogP contribution in [-0.4, -0.2) is 35.9 Å². The Balaban J connectivity index is 1.96. The number of halogens is 3. The number of amides is 1. The zero-order chi connectivity index (χ0) is 15.9. The van der Waals surface area contributed by atoms with Gasteiger partial charge in [-0.15, -0.1) is 0 Å². The normalized spacial score (nSPS) is 19.5. The summed E-state index contributed by atoms with van der Waals surface area (Å²) in [5.41, 5.74) is 2.36. The largest absolute Gasteiger partial charge is 0.418 e. The molecule has 22 heavy (non-hydrogen) atoms. The number of rotatable bonds is 2. The molecule has 2 heterocycles. The van der Waals surface area contributed by atoms with Crippen LogP contribution in [-0.2, 0) is 11.0 Å². The third-order valence-electron chi connectivity index (χ3n) is 3.74. The van der Waals surface area contributed by atoms with Crippen LogP contribution in [0.3, 0.4) is 0 Å². The molecule has 0 bridgehead atoms. The molecule has 2 N–H and O–H groups in total. The maximum atomic E-state index is 13.3. The quantitative estimate of drug-likeness (QED) is 0.870. The zero-order valence-corrected chi connectivity index (χ0v) is 11.5. The van der Waals surface area contributed by atoms with Gasteiger partial charge in [-0.25, -0.2) is 5.43 Å². The molecular weight excluding hydrogens is 299 g/mol. The molecule has 2 aliphatic heterocycles. The van der Waals surface area contributed by atoms with Gasteiger partial charge in [-0.05, 0) is 17.7 Å². The van der Waals surface area contributed by atoms with Crippen LogP contribution in [0.25, 0.3) is 0 Å². The van der Waals surface area contributed by atoms with Gasteiger partial charge in [0.15, 0.2) is 0 Å². The van der Waals surface area contributed by atoms with Crippen LogP contribution in [0, 0.1) is 0 Å². The van der Waals surface area contributed by atoms with Crippen LogP contribution in [0.15, 0.2) is 23.3 Å². The molecule has 3 rings (SSSR count). The number of alkyl halides is 3. The Bertz CT molecular complexity index is 637. The minimum atomic E-state index is -4.50. The Kier molecular flexibility index (Phi) is 3.56. The molecule has 1 amide bonds. The van der Waals surface area contributed by atoms with Gasteiger partial charge >= 0.3 is 6.18 Å². The molecule has 1 fully saturated rings. The van der Waals surface area contributed by atoms with Crippen molar-refractivity contribution in [2.24, 2.45) is 5.10 Å². The Hall–Kier alpha value is -2.09. The van der Waals surface area contributed by atoms with Crippen LogP contribution in [0.1, 0.15) is 24.0 Å². The number of aliphatic hydroxyl groups excluding tert-OH is 1. The monoisotopic (exact) mass is 313 g/mol. The maximum Gasteiger partial charge on any atom is 0.418 e. The van der Waals surface area contributed by atoms with E-state index in [0.717, 1.165) is 6.07 Å². The number of carbonyl (C=O) groups excluding carboxylic acids is 1. The summed E-state index contributed by atoms with van der Waals surface area (Å²) in [7, 11) is 0. The highest BCUT2D eigenvalue weighted by Gasteiger charge is 2.38. The average molecular weight is 313 g/mol. The van der Waals surface area contributed by atoms with Gasteiger partial charge in [0.2, 0.25) is 5.91 Å². The van der Waals surface area contributed by atoms with Gasteiger partial charge in [0.05, 0.1) is 17.4 Å². The highest BCUT2D eigenvalue weighted by Crippen LogP contribution is 2.39. The van der Waals surface area contributed by atoms with Crippen molar-refractivity contribution in [3.63, 3.8) is 0 Å². The fourth-order valence-corrected chi connectivity index (χ4v) is 2.55. The Morgan fingerprint density at radius 3 is 2.55 bits per heavy atom. The Labute approximate surface area is 124 Å². The maximum absolute atomic E-state index is 13.3. The molecule has 1 aromatic carbocycles. The third-order valence-corrected chi connectivity index (χ3v) is 3.74. The number of hydrogen-bond acceptors (Lipinski definition) is 4. The average Bonchev–Trinajstić information content (AvgIpc) is 2.43. The van der Waals surface area contributed by atoms with Crippen molar-refractivity contribution in [2.75, 3.05) is 18.0 Å². The highest BCUT2D eigenvalue weighted by atomic mass is 19.4. The number of nitrogens with zero attached hydrogens (tertiary/aromatic N) is 2. The van der Waals surface area contributed by atoms with Crippen molar-refractivity contribution in [3.05, 3.63) is 29.3 Å². The van der Waals surface area contributed by atoms with Crippen LogP contribution in [0.5, 0.6) is 0 Å². The standard InChI is InChI=1S/C14H14F3N3O2/c15-14(16,17)10-5-8(11-2-4-13(22)19-18-11)1-3-12(10)20-6-9(21)7-20/h1,3,5,9,21H,2,4,6-7H2,(H,19,22). The van der Waals surface area contributed by atoms with E-state index in [1.807, 2.05) is 0 Å². The smallest absolute Gasteiger partial charge is 0.389 e. The summed E-state index contributed by atoms with van der Waals surface area (Å²) in [5.74, 6) is -0.244. The van der Waals surface area contributed by atoms with Crippen LogP contribution in [0.4, 0.5) is 18.9 Å². The van der Waals surface area contributed by atoms with E-state index in [0.29, 0.717) is 17.7 Å². The second kappa shape index (κ2) is 5.28. The number of anilines is 1. The summed E-state index contributed by atoms with van der Waals surface area (Å²) in [6, 6.07) is 4.00. The molecular formula is C14H14F3N3O2. The van der Waals surface area contributed by atoms with Gasteiger partial charge in [-0.2, -0.15) is 18.3 Å². The molecule has 118 valence electrons. The highest BCUT2D eigenvalue weighted by molar-refractivity contribution is 6.04. The van der Waals surface area contributed by atoms with Gasteiger partial charge < -0.3 is 10.0 Å². The topological polar surface area (TPSA) is 64.9 Å². The Morgan fingerprint density at radius 1 is 1.27 bits per heavy atom. The van der Waals surface area contributed by atoms with E-state index in [-0.39, 0.29) is 31.1 Å². The fraction of sp³-hybridized carbons (Fsp3) is 0.429. The predicted molar refractivity (Wildman–Crippen MR) is 73.6 cm³/mol. The minimum Gasteiger partial charge on any atom is -0.389 e. The first-order valence-electron chi connectivity index (χ1n) is 6.84. The molecule has 0 aliphatic carbocycles. The summed E-state index contributed by atoms with van der Waals surface area (Å²) in [6.45, 7) is 0.388. The van der Waals surface area contributed by atoms with Crippen molar-refractivity contribution in [2.45, 2.75) is 25.1 Å². The molecule has 1 saturated heterocycles. The van der Waals surface area contributed by atoms with Gasteiger partial charge in [0, 0.05) is 31.6 Å². The summed E-state index contributed by atoms with van der Waals surface area (Å²) in [5, 5.41) is 13.1. The second-order valence-corrected chi connectivity index (χ2v) is 5.38. The lowest BCUT2D eigenvalue weighted by atomic mass is 9.98. The van der Waals surface area contributed by atoms with Gasteiger partial charge in [-0.3, -0.25) is 4.79 Å². The van der Waals surface area contributed by atoms with Crippen LogP contribution in [0.2, 0.25) is 0 Å². The lowest BCUT2D eigenvalue weighted by Crippen LogP contribution is -2.51. The summed E-state index contributed by atoms with van der Waals surface area (Å²) in [4.78, 5) is 12.5. The van der Waals surface area contributed by atoms with E-state index in [2.05, 4.69) is 10.5 Å². The molecule has 0 atom stereocenters. The lowest BCUT2D eigenvalue weighted by molar-refractivity contribution is -0.137. The van der Waals surface area contributed by atoms with E-state index in [1.165, 1.54) is 11.0 Å². The lowest BCUT2D eigenvalue weighted by Gasteiger charge is -2.39. The zero-order valence-electron chi connectivity index (χ0n) is 11.5. The summed E-state index contributed by atoms with van der Waals surface area (Å²) in [6.07, 6.45) is -4.56. The number of β-amino-alcohol motifs (C(OH)–C–C–N with tert-alkyl or cyclic N) is 1. The molecule has 0 radical (unpaired) electrons. The summed E-state index contributed by atoms with van der Waals surface area (Å²) >= 11 is 0. The van der Waals surface area contributed by atoms with E-state index in [4.69, 9.17) is 0 Å². The van der Waals surface area contributed by atoms with Crippen LogP contribution < -0.4 is 10.3 Å². The number of hydrazone groups is 1. The van der Waals surface area contributed by atoms with Gasteiger partial charge in [0.1, 0.15) is 0 Å². The fourth-order valence-electron chi connectivity index (χ4n) is 2.55. The van der Waals surface area contributed by atoms with Crippen molar-refractivity contribution in [3.8, 4) is 0 Å². The van der Waals surface area contributed by atoms with Crippen molar-refractivity contribution < 1.29 is 23.1 Å². The molecule has 0 spiro atoms. The first-order valence-corrected chi connectivity index (χ1v) is 6.84. The second-order valence-electron chi connectivity index (χ2n) is 5.38. The number of hydrogen-bond donors (Lipinski definition) is 2. The molecule has 1 aromatic rings. The van der Waals surface area contributed by atoms with Gasteiger partial charge in [-0.1, -0.05) is 6.07 Å². The van der Waals surface area contributed by atoms with E-state index >= 15 is 0 Å². The molecule has 0 aromatic heterocycles. The van der Waals surface area contributed by atoms with Crippen molar-refractivity contribution in [1.29, 1.82) is 0 Å². The first kappa shape index (κ1) is 14.8. The SMILES string of the molecule is O=C1CCC(c2ccc(N3CC(O)C3)c(C(F)(F)F)c2)=NN1. The molecule has 8 heteroatoms. The summed E-state index contributed by atoms with van der Waals surface area (Å²) < 4.78 is 39.8. The number of nitrogens with one attached hydrogen (secondary N) is 1. The number of carbonyl (C=O) groups is 1.